The molecule has 0 heterocycles. The van der Waals surface area contributed by atoms with Gasteiger partial charge in [-0.05, 0) is 23.4 Å². The van der Waals surface area contributed by atoms with Gasteiger partial charge in [0.25, 0.3) is 0 Å². The molecule has 5 heteroatoms. The molecule has 0 aromatic heterocycles. The van der Waals surface area contributed by atoms with Crippen LogP contribution in [0.3, 0.4) is 0 Å². The Bertz CT molecular complexity index is 762. The van der Waals surface area contributed by atoms with E-state index in [2.05, 4.69) is 55.8 Å². The highest BCUT2D eigenvalue weighted by Crippen LogP contribution is 2.36. The molecule has 0 aliphatic rings. The van der Waals surface area contributed by atoms with Gasteiger partial charge in [0.15, 0.2) is 0 Å². The van der Waals surface area contributed by atoms with Crippen LogP contribution in [0.25, 0.3) is 0 Å². The van der Waals surface area contributed by atoms with Crippen molar-refractivity contribution in [1.29, 1.82) is 0 Å². The van der Waals surface area contributed by atoms with Crippen molar-refractivity contribution in [2.24, 2.45) is 0 Å². The lowest BCUT2D eigenvalue weighted by atomic mass is 10.3. The molecule has 3 nitrogen and oxygen atoms in total. The van der Waals surface area contributed by atoms with Crippen molar-refractivity contribution in [3.63, 3.8) is 0 Å². The van der Waals surface area contributed by atoms with Crippen LogP contribution in [-0.2, 0) is 9.53 Å². The molecule has 2 aromatic rings. The van der Waals surface area contributed by atoms with E-state index in [4.69, 9.17) is 4.74 Å². The summed E-state index contributed by atoms with van der Waals surface area (Å²) in [5, 5.41) is 1.32. The number of hydrogen-bond acceptors (Lipinski definition) is 4. The molecule has 0 bridgehead atoms. The van der Waals surface area contributed by atoms with Gasteiger partial charge < -0.3 is 9.47 Å². The molecule has 2 rings (SSSR count). The molecule has 0 spiro atoms. The smallest absolute Gasteiger partial charge is 0.333 e. The third-order valence-electron chi connectivity index (χ3n) is 5.14. The predicted molar refractivity (Wildman–Crippen MR) is 116 cm³/mol. The number of methoxy groups -OCH3 is 1. The van der Waals surface area contributed by atoms with Crippen molar-refractivity contribution in [1.82, 2.24) is 0 Å². The SMILES string of the molecule is CC[Si](CC)(CC)c1cccc(Sc2ccccc2)c1O/C=C\C(=O)OC. The Morgan fingerprint density at radius 1 is 1.00 bits per heavy atom. The minimum absolute atomic E-state index is 0.422. The molecule has 0 aliphatic heterocycles. The van der Waals surface area contributed by atoms with Gasteiger partial charge in [0.2, 0.25) is 0 Å². The average Bonchev–Trinajstić information content (AvgIpc) is 2.72. The molecule has 0 saturated carbocycles. The van der Waals surface area contributed by atoms with Crippen LogP contribution in [0.15, 0.2) is 70.7 Å². The maximum atomic E-state index is 11.4. The second-order valence-corrected chi connectivity index (χ2v) is 12.7. The Balaban J connectivity index is 2.50. The Kier molecular flexibility index (Phi) is 8.19. The van der Waals surface area contributed by atoms with E-state index in [1.165, 1.54) is 24.6 Å². The Morgan fingerprint density at radius 3 is 2.26 bits per heavy atom. The van der Waals surface area contributed by atoms with E-state index in [0.717, 1.165) is 33.7 Å². The molecule has 2 aromatic carbocycles. The molecule has 0 fully saturated rings. The number of benzene rings is 2. The van der Waals surface area contributed by atoms with Crippen LogP contribution in [0.5, 0.6) is 5.75 Å². The molecule has 0 aliphatic carbocycles. The van der Waals surface area contributed by atoms with Gasteiger partial charge in [-0.2, -0.15) is 0 Å². The van der Waals surface area contributed by atoms with Crippen LogP contribution in [0.2, 0.25) is 18.1 Å². The van der Waals surface area contributed by atoms with E-state index in [9.17, 15) is 4.79 Å². The third kappa shape index (κ3) is 5.27. The lowest BCUT2D eigenvalue weighted by molar-refractivity contribution is -0.134. The van der Waals surface area contributed by atoms with Crippen LogP contribution >= 0.6 is 11.8 Å². The fourth-order valence-corrected chi connectivity index (χ4v) is 8.10. The van der Waals surface area contributed by atoms with Crippen molar-refractivity contribution in [3.8, 4) is 5.75 Å². The van der Waals surface area contributed by atoms with Crippen LogP contribution in [-0.4, -0.2) is 21.2 Å². The van der Waals surface area contributed by atoms with Gasteiger partial charge in [-0.3, -0.25) is 0 Å². The zero-order chi connectivity index (χ0) is 19.7. The third-order valence-corrected chi connectivity index (χ3v) is 11.8. The van der Waals surface area contributed by atoms with Gasteiger partial charge in [0.1, 0.15) is 5.75 Å². The van der Waals surface area contributed by atoms with Gasteiger partial charge in [-0.1, -0.05) is 81.0 Å². The number of carbonyl (C=O) groups excluding carboxylic acids is 1. The first-order chi connectivity index (χ1) is 13.1. The quantitative estimate of drug-likeness (QED) is 0.237. The van der Waals surface area contributed by atoms with Crippen LogP contribution < -0.4 is 9.92 Å². The molecular formula is C22H28O3SSi. The van der Waals surface area contributed by atoms with E-state index < -0.39 is 14.0 Å². The molecule has 0 atom stereocenters. The van der Waals surface area contributed by atoms with Gasteiger partial charge in [-0.25, -0.2) is 4.79 Å². The highest BCUT2D eigenvalue weighted by molar-refractivity contribution is 7.99. The van der Waals surface area contributed by atoms with Gasteiger partial charge in [-0.15, -0.1) is 0 Å². The van der Waals surface area contributed by atoms with Gasteiger partial charge in [0, 0.05) is 4.90 Å². The molecule has 0 N–H and O–H groups in total. The van der Waals surface area contributed by atoms with Crippen molar-refractivity contribution in [3.05, 3.63) is 60.9 Å². The highest BCUT2D eigenvalue weighted by atomic mass is 32.2. The molecule has 0 amide bonds. The summed E-state index contributed by atoms with van der Waals surface area (Å²) < 4.78 is 10.7. The second-order valence-electron chi connectivity index (χ2n) is 6.33. The van der Waals surface area contributed by atoms with Crippen LogP contribution in [0, 0.1) is 0 Å². The molecule has 144 valence electrons. The lowest BCUT2D eigenvalue weighted by Gasteiger charge is -2.31. The summed E-state index contributed by atoms with van der Waals surface area (Å²) in [6.45, 7) is 6.85. The maximum Gasteiger partial charge on any atom is 0.333 e. The number of para-hydroxylation sites is 1. The van der Waals surface area contributed by atoms with Crippen molar-refractivity contribution in [2.45, 2.75) is 48.7 Å². The van der Waals surface area contributed by atoms with E-state index in [0.29, 0.717) is 0 Å². The van der Waals surface area contributed by atoms with Gasteiger partial charge >= 0.3 is 5.97 Å². The van der Waals surface area contributed by atoms with Crippen LogP contribution in [0.4, 0.5) is 0 Å². The fraction of sp³-hybridized carbons (Fsp3) is 0.318. The van der Waals surface area contributed by atoms with Crippen LogP contribution in [0.1, 0.15) is 20.8 Å². The summed E-state index contributed by atoms with van der Waals surface area (Å²) in [5.41, 5.74) is 0. The average molecular weight is 401 g/mol. The first-order valence-electron chi connectivity index (χ1n) is 9.37. The summed E-state index contributed by atoms with van der Waals surface area (Å²) in [7, 11) is -0.299. The Labute approximate surface area is 167 Å². The summed E-state index contributed by atoms with van der Waals surface area (Å²) in [6, 6.07) is 20.2. The van der Waals surface area contributed by atoms with E-state index in [1.54, 1.807) is 11.8 Å². The highest BCUT2D eigenvalue weighted by Gasteiger charge is 2.33. The topological polar surface area (TPSA) is 35.5 Å². The number of rotatable bonds is 9. The molecule has 0 saturated heterocycles. The fourth-order valence-electron chi connectivity index (χ4n) is 3.30. The largest absolute Gasteiger partial charge is 0.466 e. The summed E-state index contributed by atoms with van der Waals surface area (Å²) in [4.78, 5) is 13.7. The number of esters is 1. The zero-order valence-electron chi connectivity index (χ0n) is 16.5. The monoisotopic (exact) mass is 400 g/mol. The predicted octanol–water partition coefficient (Wildman–Crippen LogP) is 5.62. The first kappa shape index (κ1) is 21.3. The van der Waals surface area contributed by atoms with E-state index in [1.807, 2.05) is 18.2 Å². The molecule has 0 unspecified atom stereocenters. The van der Waals surface area contributed by atoms with Gasteiger partial charge in [0.05, 0.1) is 32.4 Å². The molecule has 27 heavy (non-hydrogen) atoms. The zero-order valence-corrected chi connectivity index (χ0v) is 18.3. The van der Waals surface area contributed by atoms with E-state index >= 15 is 0 Å². The standard InChI is InChI=1S/C22H28O3SSi/c1-5-27(6-2,7-3)20-15-11-14-19(26-18-12-9-8-10-13-18)22(20)25-17-16-21(23)24-4/h8-17H,5-7H2,1-4H3/b17-16-. The lowest BCUT2D eigenvalue weighted by Crippen LogP contribution is -2.46. The first-order valence-corrected chi connectivity index (χ1v) is 12.8. The molecular weight excluding hydrogens is 372 g/mol. The number of carbonyl (C=O) groups is 1. The summed E-state index contributed by atoms with van der Waals surface area (Å²) in [6.07, 6.45) is 2.76. The molecule has 0 radical (unpaired) electrons. The number of ether oxygens (including phenoxy) is 2. The second kappa shape index (κ2) is 10.4. The Hall–Kier alpha value is -1.98. The number of hydrogen-bond donors (Lipinski definition) is 0. The van der Waals surface area contributed by atoms with Crippen molar-refractivity contribution < 1.29 is 14.3 Å². The minimum atomic E-state index is -1.66. The summed E-state index contributed by atoms with van der Waals surface area (Å²) in [5.74, 6) is 0.457. The summed E-state index contributed by atoms with van der Waals surface area (Å²) >= 11 is 1.69. The maximum absolute atomic E-state index is 11.4. The van der Waals surface area contributed by atoms with E-state index in [-0.39, 0.29) is 0 Å². The minimum Gasteiger partial charge on any atom is -0.466 e. The Morgan fingerprint density at radius 2 is 1.67 bits per heavy atom. The van der Waals surface area contributed by atoms with Crippen molar-refractivity contribution >= 4 is 31.0 Å². The normalized spacial score (nSPS) is 11.6. The van der Waals surface area contributed by atoms with Crippen molar-refractivity contribution in [2.75, 3.05) is 7.11 Å².